The van der Waals surface area contributed by atoms with Gasteiger partial charge in [-0.2, -0.15) is 5.10 Å². The highest BCUT2D eigenvalue weighted by Crippen LogP contribution is 2.20. The molecule has 15 heavy (non-hydrogen) atoms. The molecule has 0 spiro atoms. The van der Waals surface area contributed by atoms with E-state index in [0.717, 1.165) is 17.8 Å². The zero-order valence-corrected chi connectivity index (χ0v) is 8.90. The number of hydrogen-bond donors (Lipinski definition) is 0. The van der Waals surface area contributed by atoms with Gasteiger partial charge in [0.2, 0.25) is 0 Å². The number of nitrogens with zero attached hydrogens (tertiary/aromatic N) is 2. The van der Waals surface area contributed by atoms with Gasteiger partial charge in [-0.05, 0) is 25.5 Å². The minimum Gasteiger partial charge on any atom is -0.272 e. The van der Waals surface area contributed by atoms with Gasteiger partial charge in [-0.1, -0.05) is 24.6 Å². The highest BCUT2D eigenvalue weighted by atomic mass is 16.2. The van der Waals surface area contributed by atoms with Crippen LogP contribution in [-0.4, -0.2) is 11.6 Å². The van der Waals surface area contributed by atoms with E-state index in [2.05, 4.69) is 5.10 Å². The van der Waals surface area contributed by atoms with E-state index in [1.54, 1.807) is 6.42 Å². The molecule has 1 aromatic rings. The zero-order chi connectivity index (χ0) is 10.8. The van der Waals surface area contributed by atoms with Crippen LogP contribution in [0.1, 0.15) is 18.9 Å². The summed E-state index contributed by atoms with van der Waals surface area (Å²) in [6.07, 6.45) is 2.37. The number of amides is 1. The smallest absolute Gasteiger partial charge is 0.257 e. The highest BCUT2D eigenvalue weighted by Gasteiger charge is 2.24. The molecular formula is C12H13N2O. The van der Waals surface area contributed by atoms with Crippen molar-refractivity contribution >= 4 is 17.3 Å². The van der Waals surface area contributed by atoms with Gasteiger partial charge < -0.3 is 0 Å². The first-order valence-corrected chi connectivity index (χ1v) is 5.03. The maximum atomic E-state index is 11.6. The molecule has 3 nitrogen and oxygen atoms in total. The molecule has 0 N–H and O–H groups in total. The number of rotatable bonds is 2. The highest BCUT2D eigenvalue weighted by molar-refractivity contribution is 6.22. The van der Waals surface area contributed by atoms with Crippen molar-refractivity contribution in [3.8, 4) is 0 Å². The molecule has 0 aliphatic carbocycles. The summed E-state index contributed by atoms with van der Waals surface area (Å²) < 4.78 is 0. The molecule has 77 valence electrons. The Bertz CT molecular complexity index is 406. The summed E-state index contributed by atoms with van der Waals surface area (Å²) in [5.41, 5.74) is 2.83. The van der Waals surface area contributed by atoms with Crippen LogP contribution in [0.3, 0.4) is 0 Å². The third kappa shape index (κ3) is 1.91. The predicted molar refractivity (Wildman–Crippen MR) is 60.7 cm³/mol. The van der Waals surface area contributed by atoms with Crippen molar-refractivity contribution < 1.29 is 4.79 Å². The van der Waals surface area contributed by atoms with E-state index in [9.17, 15) is 4.79 Å². The minimum atomic E-state index is -0.0595. The fraction of sp³-hybridized carbons (Fsp3) is 0.250. The second-order valence-electron chi connectivity index (χ2n) is 3.57. The summed E-state index contributed by atoms with van der Waals surface area (Å²) in [5, 5.41) is 5.68. The Kier molecular flexibility index (Phi) is 2.54. The van der Waals surface area contributed by atoms with Gasteiger partial charge in [-0.25, -0.2) is 5.01 Å². The van der Waals surface area contributed by atoms with E-state index in [1.165, 1.54) is 10.6 Å². The van der Waals surface area contributed by atoms with Crippen molar-refractivity contribution in [1.82, 2.24) is 0 Å². The number of aryl methyl sites for hydroxylation is 1. The molecule has 1 aliphatic heterocycles. The number of carbonyl (C=O) groups excluding carboxylic acids is 1. The Hall–Kier alpha value is -1.64. The maximum absolute atomic E-state index is 11.6. The lowest BCUT2D eigenvalue weighted by Gasteiger charge is -2.11. The molecule has 1 amide bonds. The fourth-order valence-corrected chi connectivity index (χ4v) is 1.45. The van der Waals surface area contributed by atoms with Crippen LogP contribution in [0, 0.1) is 13.3 Å². The van der Waals surface area contributed by atoms with Crippen LogP contribution >= 0.6 is 0 Å². The normalized spacial score (nSPS) is 15.7. The van der Waals surface area contributed by atoms with E-state index in [-0.39, 0.29) is 5.91 Å². The van der Waals surface area contributed by atoms with Crippen molar-refractivity contribution in [2.45, 2.75) is 20.3 Å². The van der Waals surface area contributed by atoms with Crippen molar-refractivity contribution in [2.24, 2.45) is 5.10 Å². The van der Waals surface area contributed by atoms with Crippen LogP contribution in [0.2, 0.25) is 0 Å². The van der Waals surface area contributed by atoms with Gasteiger partial charge in [0.05, 0.1) is 17.8 Å². The number of hydrazone groups is 1. The first-order chi connectivity index (χ1) is 7.20. The lowest BCUT2D eigenvalue weighted by atomic mass is 10.2. The van der Waals surface area contributed by atoms with E-state index in [1.807, 2.05) is 38.1 Å². The van der Waals surface area contributed by atoms with Crippen molar-refractivity contribution in [1.29, 1.82) is 0 Å². The van der Waals surface area contributed by atoms with Gasteiger partial charge in [-0.3, -0.25) is 4.79 Å². The number of benzene rings is 1. The monoisotopic (exact) mass is 201 g/mol. The first-order valence-electron chi connectivity index (χ1n) is 5.03. The van der Waals surface area contributed by atoms with E-state index < -0.39 is 0 Å². The van der Waals surface area contributed by atoms with Crippen LogP contribution in [0.4, 0.5) is 5.69 Å². The third-order valence-electron chi connectivity index (χ3n) is 2.37. The summed E-state index contributed by atoms with van der Waals surface area (Å²) in [5.74, 6) is -0.0595. The van der Waals surface area contributed by atoms with Crippen molar-refractivity contribution in [3.63, 3.8) is 0 Å². The first kappa shape index (κ1) is 9.90. The third-order valence-corrected chi connectivity index (χ3v) is 2.37. The lowest BCUT2D eigenvalue weighted by Crippen LogP contribution is -2.19. The molecule has 0 saturated heterocycles. The quantitative estimate of drug-likeness (QED) is 0.722. The standard InChI is InChI=1S/C12H13N2O/c1-3-10-8-12(15)14(13-10)11-6-4-9(2)5-7-11/h4-8H,3H2,1-2H3. The van der Waals surface area contributed by atoms with Gasteiger partial charge in [0.1, 0.15) is 0 Å². The van der Waals surface area contributed by atoms with E-state index in [0.29, 0.717) is 0 Å². The second kappa shape index (κ2) is 3.85. The predicted octanol–water partition coefficient (Wildman–Crippen LogP) is 2.31. The molecule has 0 bridgehead atoms. The molecule has 2 rings (SSSR count). The number of hydrogen-bond acceptors (Lipinski definition) is 2. The fourth-order valence-electron chi connectivity index (χ4n) is 1.45. The van der Waals surface area contributed by atoms with Gasteiger partial charge in [0, 0.05) is 0 Å². The van der Waals surface area contributed by atoms with Crippen molar-refractivity contribution in [3.05, 3.63) is 36.2 Å². The van der Waals surface area contributed by atoms with Crippen LogP contribution in [0.25, 0.3) is 0 Å². The Labute approximate surface area is 89.4 Å². The molecule has 1 heterocycles. The molecule has 0 aromatic heterocycles. The molecule has 0 saturated carbocycles. The molecule has 0 fully saturated rings. The second-order valence-corrected chi connectivity index (χ2v) is 3.57. The largest absolute Gasteiger partial charge is 0.272 e. The maximum Gasteiger partial charge on any atom is 0.257 e. The summed E-state index contributed by atoms with van der Waals surface area (Å²) in [6, 6.07) is 7.76. The van der Waals surface area contributed by atoms with Crippen LogP contribution in [0.5, 0.6) is 0 Å². The zero-order valence-electron chi connectivity index (χ0n) is 8.90. The van der Waals surface area contributed by atoms with Crippen LogP contribution in [0.15, 0.2) is 29.4 Å². The summed E-state index contributed by atoms with van der Waals surface area (Å²) in [4.78, 5) is 11.6. The summed E-state index contributed by atoms with van der Waals surface area (Å²) in [6.45, 7) is 4.00. The topological polar surface area (TPSA) is 32.7 Å². The molecule has 3 heteroatoms. The molecule has 0 unspecified atom stereocenters. The molecule has 0 atom stereocenters. The van der Waals surface area contributed by atoms with Gasteiger partial charge >= 0.3 is 0 Å². The Morgan fingerprint density at radius 2 is 1.93 bits per heavy atom. The number of carbonyl (C=O) groups is 1. The average molecular weight is 201 g/mol. The van der Waals surface area contributed by atoms with Crippen LogP contribution in [-0.2, 0) is 4.79 Å². The Morgan fingerprint density at radius 1 is 1.27 bits per heavy atom. The van der Waals surface area contributed by atoms with Gasteiger partial charge in [-0.15, -0.1) is 0 Å². The van der Waals surface area contributed by atoms with Gasteiger partial charge in [0.25, 0.3) is 5.91 Å². The molecule has 1 aliphatic rings. The minimum absolute atomic E-state index is 0.0595. The SMILES string of the molecule is CCC1=NN(c2ccc(C)cc2)C(=O)[CH]1. The van der Waals surface area contributed by atoms with E-state index in [4.69, 9.17) is 0 Å². The van der Waals surface area contributed by atoms with Crippen molar-refractivity contribution in [2.75, 3.05) is 5.01 Å². The number of anilines is 1. The molecular weight excluding hydrogens is 188 g/mol. The summed E-state index contributed by atoms with van der Waals surface area (Å²) >= 11 is 0. The summed E-state index contributed by atoms with van der Waals surface area (Å²) in [7, 11) is 0. The van der Waals surface area contributed by atoms with Crippen LogP contribution < -0.4 is 5.01 Å². The molecule has 1 aromatic carbocycles. The van der Waals surface area contributed by atoms with Gasteiger partial charge in [0.15, 0.2) is 0 Å². The average Bonchev–Trinajstić information content (AvgIpc) is 2.61. The molecule has 1 radical (unpaired) electrons. The van der Waals surface area contributed by atoms with E-state index >= 15 is 0 Å². The Balaban J connectivity index is 2.28. The lowest BCUT2D eigenvalue weighted by molar-refractivity contribution is -0.114. The Morgan fingerprint density at radius 3 is 2.47 bits per heavy atom.